The van der Waals surface area contributed by atoms with Crippen LogP contribution in [0.25, 0.3) is 0 Å². The molecule has 2 bridgehead atoms. The van der Waals surface area contributed by atoms with E-state index in [1.54, 1.807) is 0 Å². The predicted octanol–water partition coefficient (Wildman–Crippen LogP) is 2.45. The lowest BCUT2D eigenvalue weighted by Gasteiger charge is -2.29. The molecule has 3 N–H and O–H groups in total. The zero-order chi connectivity index (χ0) is 16.7. The Kier molecular flexibility index (Phi) is 4.35. The number of carbonyl (C=O) groups is 1. The van der Waals surface area contributed by atoms with Gasteiger partial charge in [-0.15, -0.1) is 0 Å². The van der Waals surface area contributed by atoms with Crippen molar-refractivity contribution >= 4 is 5.91 Å². The van der Waals surface area contributed by atoms with E-state index in [-0.39, 0.29) is 23.7 Å². The molecule has 1 aromatic rings. The predicted molar refractivity (Wildman–Crippen MR) is 91.7 cm³/mol. The van der Waals surface area contributed by atoms with E-state index in [0.717, 1.165) is 12.8 Å². The molecule has 3 saturated carbocycles. The van der Waals surface area contributed by atoms with Crippen molar-refractivity contribution in [2.75, 3.05) is 6.54 Å². The highest BCUT2D eigenvalue weighted by Gasteiger charge is 2.51. The number of hydrogen-bond donors (Lipinski definition) is 3. The van der Waals surface area contributed by atoms with Crippen LogP contribution >= 0.6 is 0 Å². The molecule has 0 aliphatic heterocycles. The minimum absolute atomic E-state index is 0.0363. The molecule has 3 aliphatic rings. The Morgan fingerprint density at radius 1 is 1.04 bits per heavy atom. The fraction of sp³-hybridized carbons (Fsp3) is 0.650. The molecule has 1 aromatic carbocycles. The quantitative estimate of drug-likeness (QED) is 0.795. The molecule has 0 aromatic heterocycles. The van der Waals surface area contributed by atoms with Gasteiger partial charge in [-0.2, -0.15) is 0 Å². The molecule has 3 aliphatic carbocycles. The normalized spacial score (nSPS) is 35.5. The summed E-state index contributed by atoms with van der Waals surface area (Å²) >= 11 is 0. The topological polar surface area (TPSA) is 69.6 Å². The Labute approximate surface area is 143 Å². The molecule has 4 nitrogen and oxygen atoms in total. The van der Waals surface area contributed by atoms with Gasteiger partial charge in [0.1, 0.15) is 0 Å². The van der Waals surface area contributed by atoms with Gasteiger partial charge in [0.15, 0.2) is 0 Å². The zero-order valence-corrected chi connectivity index (χ0v) is 14.0. The van der Waals surface area contributed by atoms with Gasteiger partial charge in [-0.05, 0) is 67.1 Å². The Balaban J connectivity index is 1.32. The number of aliphatic hydroxyl groups excluding tert-OH is 2. The van der Waals surface area contributed by atoms with Crippen molar-refractivity contribution in [2.24, 2.45) is 17.8 Å². The molecular formula is C20H27NO3. The summed E-state index contributed by atoms with van der Waals surface area (Å²) in [4.78, 5) is 12.4. The average Bonchev–Trinajstić information content (AvgIpc) is 3.32. The van der Waals surface area contributed by atoms with Gasteiger partial charge in [-0.1, -0.05) is 25.0 Å². The van der Waals surface area contributed by atoms with Crippen LogP contribution in [-0.2, 0) is 0 Å². The smallest absolute Gasteiger partial charge is 0.251 e. The number of aliphatic hydroxyl groups is 2. The standard InChI is InChI=1S/C20H27NO3/c22-18-15-9-16(17(10-15)19(18)23)11-21-20(24)14-7-5-13(6-8-14)12-3-1-2-4-12/h5-8,12,15-19,22-23H,1-4,9-11H2,(H,21,24)/t15-,16-,17-,18+,19-/m1/s1. The van der Waals surface area contributed by atoms with Crippen LogP contribution in [0.1, 0.15) is 60.4 Å². The maximum absolute atomic E-state index is 12.4. The van der Waals surface area contributed by atoms with Gasteiger partial charge in [0.05, 0.1) is 12.2 Å². The van der Waals surface area contributed by atoms with Crippen molar-refractivity contribution in [2.45, 2.75) is 56.7 Å². The first-order valence-electron chi connectivity index (χ1n) is 9.38. The van der Waals surface area contributed by atoms with Crippen molar-refractivity contribution in [3.05, 3.63) is 35.4 Å². The second-order valence-electron chi connectivity index (χ2n) is 7.95. The summed E-state index contributed by atoms with van der Waals surface area (Å²) in [6.07, 6.45) is 5.78. The third-order valence-electron chi connectivity index (χ3n) is 6.58. The molecular weight excluding hydrogens is 302 g/mol. The van der Waals surface area contributed by atoms with Crippen molar-refractivity contribution < 1.29 is 15.0 Å². The molecule has 0 unspecified atom stereocenters. The van der Waals surface area contributed by atoms with Crippen LogP contribution in [0.15, 0.2) is 24.3 Å². The lowest BCUT2D eigenvalue weighted by molar-refractivity contribution is -0.0332. The fourth-order valence-corrected chi connectivity index (χ4v) is 5.16. The van der Waals surface area contributed by atoms with Crippen LogP contribution in [0, 0.1) is 17.8 Å². The summed E-state index contributed by atoms with van der Waals surface area (Å²) < 4.78 is 0. The molecule has 0 saturated heterocycles. The zero-order valence-electron chi connectivity index (χ0n) is 14.0. The number of hydrogen-bond acceptors (Lipinski definition) is 3. The molecule has 130 valence electrons. The van der Waals surface area contributed by atoms with Crippen molar-refractivity contribution in [1.82, 2.24) is 5.32 Å². The van der Waals surface area contributed by atoms with E-state index < -0.39 is 12.2 Å². The molecule has 24 heavy (non-hydrogen) atoms. The lowest BCUT2D eigenvalue weighted by Crippen LogP contribution is -2.41. The highest BCUT2D eigenvalue weighted by Crippen LogP contribution is 2.48. The van der Waals surface area contributed by atoms with Gasteiger partial charge in [0.25, 0.3) is 5.91 Å². The Morgan fingerprint density at radius 3 is 2.38 bits per heavy atom. The van der Waals surface area contributed by atoms with Crippen LogP contribution < -0.4 is 5.32 Å². The van der Waals surface area contributed by atoms with Crippen LogP contribution in [0.3, 0.4) is 0 Å². The van der Waals surface area contributed by atoms with Crippen LogP contribution in [0.5, 0.6) is 0 Å². The van der Waals surface area contributed by atoms with Gasteiger partial charge >= 0.3 is 0 Å². The van der Waals surface area contributed by atoms with Gasteiger partial charge in [0.2, 0.25) is 0 Å². The van der Waals surface area contributed by atoms with Crippen LogP contribution in [0.2, 0.25) is 0 Å². The van der Waals surface area contributed by atoms with Crippen molar-refractivity contribution in [1.29, 1.82) is 0 Å². The van der Waals surface area contributed by atoms with E-state index in [1.165, 1.54) is 31.2 Å². The van der Waals surface area contributed by atoms with E-state index >= 15 is 0 Å². The fourth-order valence-electron chi connectivity index (χ4n) is 5.16. The largest absolute Gasteiger partial charge is 0.390 e. The third-order valence-corrected chi connectivity index (χ3v) is 6.58. The number of fused-ring (bicyclic) bond motifs is 2. The average molecular weight is 329 g/mol. The number of rotatable bonds is 4. The molecule has 4 rings (SSSR count). The minimum atomic E-state index is -0.614. The van der Waals surface area contributed by atoms with Crippen LogP contribution in [0.4, 0.5) is 0 Å². The molecule has 4 heteroatoms. The number of nitrogens with one attached hydrogen (secondary N) is 1. The first-order valence-corrected chi connectivity index (χ1v) is 9.38. The molecule has 0 radical (unpaired) electrons. The van der Waals surface area contributed by atoms with E-state index in [2.05, 4.69) is 17.4 Å². The maximum atomic E-state index is 12.4. The summed E-state index contributed by atoms with van der Waals surface area (Å²) in [5.41, 5.74) is 2.06. The number of amides is 1. The lowest BCUT2D eigenvalue weighted by atomic mass is 9.85. The first kappa shape index (κ1) is 16.1. The van der Waals surface area contributed by atoms with E-state index in [1.807, 2.05) is 12.1 Å². The van der Waals surface area contributed by atoms with Crippen molar-refractivity contribution in [3.63, 3.8) is 0 Å². The van der Waals surface area contributed by atoms with Gasteiger partial charge in [-0.3, -0.25) is 4.79 Å². The van der Waals surface area contributed by atoms with E-state index in [9.17, 15) is 15.0 Å². The van der Waals surface area contributed by atoms with E-state index in [4.69, 9.17) is 0 Å². The van der Waals surface area contributed by atoms with Crippen LogP contribution in [-0.4, -0.2) is 34.9 Å². The Morgan fingerprint density at radius 2 is 1.75 bits per heavy atom. The minimum Gasteiger partial charge on any atom is -0.390 e. The SMILES string of the molecule is O=C(NC[C@H]1C[C@@H]2C[C@H]1[C@@H](O)[C@H]2O)c1ccc(C2CCCC2)cc1. The summed E-state index contributed by atoms with van der Waals surface area (Å²) in [7, 11) is 0. The van der Waals surface area contributed by atoms with E-state index in [0.29, 0.717) is 18.0 Å². The summed E-state index contributed by atoms with van der Waals surface area (Å²) in [6.45, 7) is 0.591. The van der Waals surface area contributed by atoms with Gasteiger partial charge in [-0.25, -0.2) is 0 Å². The molecule has 5 atom stereocenters. The number of benzene rings is 1. The highest BCUT2D eigenvalue weighted by atomic mass is 16.3. The number of carbonyl (C=O) groups excluding carboxylic acids is 1. The summed E-state index contributed by atoms with van der Waals surface area (Å²) in [6, 6.07) is 8.07. The second-order valence-corrected chi connectivity index (χ2v) is 7.95. The summed E-state index contributed by atoms with van der Waals surface area (Å²) in [5, 5.41) is 22.9. The van der Waals surface area contributed by atoms with Gasteiger partial charge in [0, 0.05) is 12.1 Å². The van der Waals surface area contributed by atoms with Gasteiger partial charge < -0.3 is 15.5 Å². The third kappa shape index (κ3) is 2.86. The highest BCUT2D eigenvalue weighted by molar-refractivity contribution is 5.94. The Bertz CT molecular complexity index is 591. The first-order chi connectivity index (χ1) is 11.6. The monoisotopic (exact) mass is 329 g/mol. The maximum Gasteiger partial charge on any atom is 0.251 e. The van der Waals surface area contributed by atoms with Crippen molar-refractivity contribution in [3.8, 4) is 0 Å². The molecule has 0 heterocycles. The summed E-state index contributed by atoms with van der Waals surface area (Å²) in [5.74, 6) is 1.26. The Hall–Kier alpha value is -1.39. The molecule has 3 fully saturated rings. The molecule has 1 amide bonds. The molecule has 0 spiro atoms. The second kappa shape index (κ2) is 6.49.